The summed E-state index contributed by atoms with van der Waals surface area (Å²) in [5.41, 5.74) is 0.996. The van der Waals surface area contributed by atoms with Crippen LogP contribution in [0.15, 0.2) is 42.5 Å². The lowest BCUT2D eigenvalue weighted by Gasteiger charge is -2.22. The third-order valence-electron chi connectivity index (χ3n) is 5.03. The highest BCUT2D eigenvalue weighted by Gasteiger charge is 2.49. The molecule has 0 radical (unpaired) electrons. The van der Waals surface area contributed by atoms with Crippen LogP contribution in [0, 0.1) is 6.92 Å². The molecule has 1 saturated heterocycles. The summed E-state index contributed by atoms with van der Waals surface area (Å²) in [7, 11) is 0. The minimum atomic E-state index is -1.21. The molecule has 2 aromatic carbocycles. The average molecular weight is 395 g/mol. The Hall–Kier alpha value is -3.55. The highest BCUT2D eigenvalue weighted by molar-refractivity contribution is 6.10. The van der Waals surface area contributed by atoms with Gasteiger partial charge in [-0.3, -0.25) is 14.5 Å². The minimum Gasteiger partial charge on any atom is -0.486 e. The van der Waals surface area contributed by atoms with Crippen LogP contribution in [-0.2, 0) is 15.1 Å². The number of imide groups is 1. The zero-order valence-corrected chi connectivity index (χ0v) is 16.2. The third kappa shape index (κ3) is 3.49. The van der Waals surface area contributed by atoms with Crippen LogP contribution < -0.4 is 20.1 Å². The number of rotatable bonds is 4. The summed E-state index contributed by atoms with van der Waals surface area (Å²) in [4.78, 5) is 38.7. The lowest BCUT2D eigenvalue weighted by Crippen LogP contribution is -2.42. The number of anilines is 1. The van der Waals surface area contributed by atoms with Crippen molar-refractivity contribution in [1.82, 2.24) is 10.2 Å². The Labute approximate surface area is 167 Å². The first-order valence-electron chi connectivity index (χ1n) is 9.27. The van der Waals surface area contributed by atoms with Gasteiger partial charge in [0.05, 0.1) is 0 Å². The summed E-state index contributed by atoms with van der Waals surface area (Å²) in [5.74, 6) is 0.190. The smallest absolute Gasteiger partial charge is 0.325 e. The summed E-state index contributed by atoms with van der Waals surface area (Å²) in [6.45, 7) is 4.10. The summed E-state index contributed by atoms with van der Waals surface area (Å²) in [5, 5.41) is 5.38. The van der Waals surface area contributed by atoms with E-state index in [2.05, 4.69) is 10.6 Å². The Morgan fingerprint density at radius 1 is 1.10 bits per heavy atom. The SMILES string of the molecule is Cc1ccc([C@]2(C)NC(=O)N(CC(=O)Nc3ccc4c(c3)OCCO4)C2=O)cc1. The molecule has 1 fully saturated rings. The van der Waals surface area contributed by atoms with Gasteiger partial charge in [-0.1, -0.05) is 29.8 Å². The van der Waals surface area contributed by atoms with Crippen LogP contribution in [0.5, 0.6) is 11.5 Å². The van der Waals surface area contributed by atoms with Gasteiger partial charge in [0.1, 0.15) is 25.3 Å². The second-order valence-electron chi connectivity index (χ2n) is 7.22. The number of nitrogens with one attached hydrogen (secondary N) is 2. The number of benzene rings is 2. The molecule has 2 aliphatic rings. The third-order valence-corrected chi connectivity index (χ3v) is 5.03. The second kappa shape index (κ2) is 7.12. The summed E-state index contributed by atoms with van der Waals surface area (Å²) in [6, 6.07) is 11.8. The van der Waals surface area contributed by atoms with Gasteiger partial charge in [0, 0.05) is 11.8 Å². The van der Waals surface area contributed by atoms with Crippen LogP contribution in [0.1, 0.15) is 18.1 Å². The number of hydrogen-bond donors (Lipinski definition) is 2. The standard InChI is InChI=1S/C21H21N3O5/c1-13-3-5-14(6-4-13)21(2)19(26)24(20(27)23-21)12-18(25)22-15-7-8-16-17(11-15)29-10-9-28-16/h3-8,11H,9-10,12H2,1-2H3,(H,22,25)(H,23,27)/t21-/m0/s1. The molecule has 150 valence electrons. The number of ether oxygens (including phenoxy) is 2. The van der Waals surface area contributed by atoms with Gasteiger partial charge >= 0.3 is 6.03 Å². The van der Waals surface area contributed by atoms with Crippen molar-refractivity contribution >= 4 is 23.5 Å². The molecular weight excluding hydrogens is 374 g/mol. The van der Waals surface area contributed by atoms with Crippen LogP contribution >= 0.6 is 0 Å². The first-order chi connectivity index (χ1) is 13.9. The molecule has 0 unspecified atom stereocenters. The predicted octanol–water partition coefficient (Wildman–Crippen LogP) is 2.17. The van der Waals surface area contributed by atoms with Gasteiger partial charge in [-0.05, 0) is 31.5 Å². The largest absolute Gasteiger partial charge is 0.486 e. The van der Waals surface area contributed by atoms with Gasteiger partial charge in [-0.2, -0.15) is 0 Å². The first kappa shape index (κ1) is 18.8. The minimum absolute atomic E-state index is 0.388. The topological polar surface area (TPSA) is 97.0 Å². The molecule has 4 rings (SSSR count). The fourth-order valence-corrected chi connectivity index (χ4v) is 3.39. The van der Waals surface area contributed by atoms with E-state index in [0.717, 1.165) is 10.5 Å². The number of amides is 4. The van der Waals surface area contributed by atoms with Crippen molar-refractivity contribution in [3.05, 3.63) is 53.6 Å². The molecule has 2 heterocycles. The molecule has 8 nitrogen and oxygen atoms in total. The first-order valence-corrected chi connectivity index (χ1v) is 9.27. The van der Waals surface area contributed by atoms with Crippen molar-refractivity contribution in [2.75, 3.05) is 25.1 Å². The number of hydrogen-bond acceptors (Lipinski definition) is 5. The molecule has 0 spiro atoms. The van der Waals surface area contributed by atoms with Gasteiger partial charge in [0.15, 0.2) is 11.5 Å². The Morgan fingerprint density at radius 3 is 2.52 bits per heavy atom. The second-order valence-corrected chi connectivity index (χ2v) is 7.22. The van der Waals surface area contributed by atoms with E-state index in [1.807, 2.05) is 19.1 Å². The maximum atomic E-state index is 12.9. The average Bonchev–Trinajstić information content (AvgIpc) is 2.92. The Balaban J connectivity index is 1.46. The van der Waals surface area contributed by atoms with Crippen LogP contribution in [0.2, 0.25) is 0 Å². The van der Waals surface area contributed by atoms with Gasteiger partial charge in [0.2, 0.25) is 5.91 Å². The molecule has 0 aliphatic carbocycles. The number of carbonyl (C=O) groups is 3. The molecule has 0 bridgehead atoms. The van der Waals surface area contributed by atoms with Crippen LogP contribution in [0.3, 0.4) is 0 Å². The van der Waals surface area contributed by atoms with Crippen LogP contribution in [-0.4, -0.2) is 42.5 Å². The van der Waals surface area contributed by atoms with E-state index in [9.17, 15) is 14.4 Å². The molecule has 0 aromatic heterocycles. The number of aryl methyl sites for hydroxylation is 1. The molecule has 0 saturated carbocycles. The van der Waals surface area contributed by atoms with E-state index in [-0.39, 0.29) is 6.54 Å². The van der Waals surface area contributed by atoms with Crippen molar-refractivity contribution < 1.29 is 23.9 Å². The lowest BCUT2D eigenvalue weighted by molar-refractivity contribution is -0.133. The Morgan fingerprint density at radius 2 is 1.79 bits per heavy atom. The normalized spacial score (nSPS) is 20.4. The van der Waals surface area contributed by atoms with Crippen molar-refractivity contribution in [2.24, 2.45) is 0 Å². The lowest BCUT2D eigenvalue weighted by atomic mass is 9.91. The van der Waals surface area contributed by atoms with Crippen LogP contribution in [0.4, 0.5) is 10.5 Å². The van der Waals surface area contributed by atoms with Crippen molar-refractivity contribution in [2.45, 2.75) is 19.4 Å². The molecule has 2 aromatic rings. The van der Waals surface area contributed by atoms with E-state index in [1.165, 1.54) is 0 Å². The molecule has 1 atom stereocenters. The molecule has 8 heteroatoms. The quantitative estimate of drug-likeness (QED) is 0.774. The highest BCUT2D eigenvalue weighted by atomic mass is 16.6. The number of nitrogens with zero attached hydrogens (tertiary/aromatic N) is 1. The summed E-state index contributed by atoms with van der Waals surface area (Å²) in [6.07, 6.45) is 0. The van der Waals surface area contributed by atoms with Crippen molar-refractivity contribution in [1.29, 1.82) is 0 Å². The van der Waals surface area contributed by atoms with E-state index < -0.39 is 23.4 Å². The highest BCUT2D eigenvalue weighted by Crippen LogP contribution is 2.33. The van der Waals surface area contributed by atoms with Crippen molar-refractivity contribution in [3.8, 4) is 11.5 Å². The number of carbonyl (C=O) groups excluding carboxylic acids is 3. The molecule has 4 amide bonds. The number of urea groups is 1. The number of fused-ring (bicyclic) bond motifs is 1. The molecule has 2 aliphatic heterocycles. The maximum absolute atomic E-state index is 12.9. The van der Waals surface area contributed by atoms with Gasteiger partial charge in [-0.15, -0.1) is 0 Å². The summed E-state index contributed by atoms with van der Waals surface area (Å²) >= 11 is 0. The predicted molar refractivity (Wildman–Crippen MR) is 105 cm³/mol. The van der Waals surface area contributed by atoms with E-state index in [0.29, 0.717) is 36.0 Å². The van der Waals surface area contributed by atoms with E-state index in [1.54, 1.807) is 37.3 Å². The molecule has 29 heavy (non-hydrogen) atoms. The fraction of sp³-hybridized carbons (Fsp3) is 0.286. The van der Waals surface area contributed by atoms with Crippen LogP contribution in [0.25, 0.3) is 0 Å². The maximum Gasteiger partial charge on any atom is 0.325 e. The Kier molecular flexibility index (Phi) is 4.62. The fourth-order valence-electron chi connectivity index (χ4n) is 3.39. The van der Waals surface area contributed by atoms with Gasteiger partial charge in [0.25, 0.3) is 5.91 Å². The van der Waals surface area contributed by atoms with E-state index in [4.69, 9.17) is 9.47 Å². The molecule has 2 N–H and O–H groups in total. The zero-order valence-electron chi connectivity index (χ0n) is 16.2. The molecular formula is C21H21N3O5. The monoisotopic (exact) mass is 395 g/mol. The van der Waals surface area contributed by atoms with Gasteiger partial charge < -0.3 is 20.1 Å². The Bertz CT molecular complexity index is 988. The van der Waals surface area contributed by atoms with E-state index >= 15 is 0 Å². The van der Waals surface area contributed by atoms with Gasteiger partial charge in [-0.25, -0.2) is 4.79 Å². The van der Waals surface area contributed by atoms with Crippen molar-refractivity contribution in [3.63, 3.8) is 0 Å². The zero-order chi connectivity index (χ0) is 20.6. The summed E-state index contributed by atoms with van der Waals surface area (Å²) < 4.78 is 10.9.